The number of nitrogens with one attached hydrogen (secondary N) is 1. The van der Waals surface area contributed by atoms with Crippen LogP contribution in [0.5, 0.6) is 11.5 Å². The number of nitrogens with zero attached hydrogens (tertiary/aromatic N) is 1. The summed E-state index contributed by atoms with van der Waals surface area (Å²) >= 11 is 6.19. The lowest BCUT2D eigenvalue weighted by Crippen LogP contribution is -2.30. The molecular formula is C23H25ClN2O6S. The summed E-state index contributed by atoms with van der Waals surface area (Å²) in [5.74, 6) is 1.01. The summed E-state index contributed by atoms with van der Waals surface area (Å²) in [5, 5.41) is 2.81. The molecule has 0 radical (unpaired) electrons. The topological polar surface area (TPSA) is 98.1 Å². The minimum atomic E-state index is -3.70. The number of carbonyl (C=O) groups excluding carboxylic acids is 1. The highest BCUT2D eigenvalue weighted by atomic mass is 35.5. The quantitative estimate of drug-likeness (QED) is 0.436. The van der Waals surface area contributed by atoms with E-state index >= 15 is 0 Å². The Bertz CT molecular complexity index is 1220. The van der Waals surface area contributed by atoms with Crippen LogP contribution >= 0.6 is 11.6 Å². The van der Waals surface area contributed by atoms with E-state index in [1.54, 1.807) is 39.2 Å². The Hall–Kier alpha value is -3.01. The molecule has 3 rings (SSSR count). The van der Waals surface area contributed by atoms with Crippen LogP contribution in [0.2, 0.25) is 5.02 Å². The van der Waals surface area contributed by atoms with Gasteiger partial charge in [0.15, 0.2) is 17.3 Å². The molecule has 1 N–H and O–H groups in total. The van der Waals surface area contributed by atoms with Gasteiger partial charge in [0.25, 0.3) is 5.91 Å². The van der Waals surface area contributed by atoms with Gasteiger partial charge in [-0.1, -0.05) is 37.6 Å². The average Bonchev–Trinajstić information content (AvgIpc) is 3.29. The Kier molecular flexibility index (Phi) is 8.01. The Morgan fingerprint density at radius 1 is 1.06 bits per heavy atom. The van der Waals surface area contributed by atoms with Crippen molar-refractivity contribution < 1.29 is 27.1 Å². The number of para-hydroxylation sites is 2. The van der Waals surface area contributed by atoms with Crippen LogP contribution in [-0.4, -0.2) is 38.8 Å². The molecule has 0 aliphatic carbocycles. The van der Waals surface area contributed by atoms with Gasteiger partial charge >= 0.3 is 0 Å². The highest BCUT2D eigenvalue weighted by Gasteiger charge is 2.23. The maximum atomic E-state index is 12.8. The Morgan fingerprint density at radius 3 is 2.42 bits per heavy atom. The smallest absolute Gasteiger partial charge is 0.291 e. The number of amides is 1. The van der Waals surface area contributed by atoms with Crippen LogP contribution in [0.1, 0.15) is 30.2 Å². The number of methoxy groups -OCH3 is 1. The van der Waals surface area contributed by atoms with E-state index in [9.17, 15) is 13.2 Å². The zero-order valence-corrected chi connectivity index (χ0v) is 20.1. The number of furan rings is 1. The Balaban J connectivity index is 1.73. The molecule has 2 aromatic carbocycles. The van der Waals surface area contributed by atoms with Crippen molar-refractivity contribution in [1.29, 1.82) is 0 Å². The van der Waals surface area contributed by atoms with Crippen molar-refractivity contribution >= 4 is 33.2 Å². The Labute approximate surface area is 198 Å². The third-order valence-corrected chi connectivity index (χ3v) is 7.23. The number of hydrogen-bond acceptors (Lipinski definition) is 6. The number of anilines is 1. The molecule has 33 heavy (non-hydrogen) atoms. The minimum Gasteiger partial charge on any atom is -0.493 e. The lowest BCUT2D eigenvalue weighted by molar-refractivity contribution is 0.0992. The average molecular weight is 493 g/mol. The van der Waals surface area contributed by atoms with E-state index in [0.29, 0.717) is 30.3 Å². The fraction of sp³-hybridized carbons (Fsp3) is 0.261. The molecule has 0 bridgehead atoms. The van der Waals surface area contributed by atoms with Gasteiger partial charge in [-0.3, -0.25) is 4.79 Å². The third kappa shape index (κ3) is 5.68. The molecule has 3 aromatic rings. The first-order valence-electron chi connectivity index (χ1n) is 10.3. The largest absolute Gasteiger partial charge is 0.493 e. The number of hydrogen-bond donors (Lipinski definition) is 1. The first-order chi connectivity index (χ1) is 15.8. The molecule has 0 unspecified atom stereocenters. The van der Waals surface area contributed by atoms with Gasteiger partial charge in [-0.2, -0.15) is 4.31 Å². The zero-order valence-electron chi connectivity index (χ0n) is 18.5. The van der Waals surface area contributed by atoms with Crippen molar-refractivity contribution in [1.82, 2.24) is 4.31 Å². The summed E-state index contributed by atoms with van der Waals surface area (Å²) in [6, 6.07) is 14.5. The van der Waals surface area contributed by atoms with Gasteiger partial charge in [0.1, 0.15) is 12.4 Å². The third-order valence-electron chi connectivity index (χ3n) is 4.85. The predicted octanol–water partition coefficient (Wildman–Crippen LogP) is 4.80. The SMILES string of the molecule is CCN(CC)S(=O)(=O)c1ccc(Cl)c(NC(=O)c2ccc(COc3ccccc3OC)o2)c1. The van der Waals surface area contributed by atoms with Crippen molar-refractivity contribution in [2.45, 2.75) is 25.3 Å². The van der Waals surface area contributed by atoms with E-state index in [2.05, 4.69) is 5.32 Å². The van der Waals surface area contributed by atoms with Crippen LogP contribution in [0.4, 0.5) is 5.69 Å². The highest BCUT2D eigenvalue weighted by Crippen LogP contribution is 2.29. The molecular weight excluding hydrogens is 468 g/mol. The number of halogens is 1. The second-order valence-corrected chi connectivity index (χ2v) is 9.24. The van der Waals surface area contributed by atoms with E-state index in [4.69, 9.17) is 25.5 Å². The number of ether oxygens (including phenoxy) is 2. The van der Waals surface area contributed by atoms with E-state index in [1.165, 1.54) is 28.6 Å². The molecule has 1 amide bonds. The molecule has 176 valence electrons. The van der Waals surface area contributed by atoms with Crippen LogP contribution < -0.4 is 14.8 Å². The summed E-state index contributed by atoms with van der Waals surface area (Å²) in [5.41, 5.74) is 0.165. The summed E-state index contributed by atoms with van der Waals surface area (Å²) in [4.78, 5) is 12.7. The molecule has 0 atom stereocenters. The molecule has 8 nitrogen and oxygen atoms in total. The van der Waals surface area contributed by atoms with E-state index < -0.39 is 15.9 Å². The van der Waals surface area contributed by atoms with Gasteiger partial charge in [-0.25, -0.2) is 8.42 Å². The van der Waals surface area contributed by atoms with Gasteiger partial charge in [-0.05, 0) is 42.5 Å². The van der Waals surface area contributed by atoms with E-state index in [-0.39, 0.29) is 28.0 Å². The van der Waals surface area contributed by atoms with Gasteiger partial charge < -0.3 is 19.2 Å². The summed E-state index contributed by atoms with van der Waals surface area (Å²) in [7, 11) is -2.16. The van der Waals surface area contributed by atoms with Crippen molar-refractivity contribution in [3.63, 3.8) is 0 Å². The first-order valence-corrected chi connectivity index (χ1v) is 12.1. The molecule has 0 fully saturated rings. The molecule has 0 aliphatic heterocycles. The normalized spacial score (nSPS) is 11.4. The van der Waals surface area contributed by atoms with Gasteiger partial charge in [-0.15, -0.1) is 0 Å². The monoisotopic (exact) mass is 492 g/mol. The van der Waals surface area contributed by atoms with Crippen molar-refractivity contribution in [3.05, 3.63) is 71.1 Å². The van der Waals surface area contributed by atoms with Crippen molar-refractivity contribution in [2.75, 3.05) is 25.5 Å². The van der Waals surface area contributed by atoms with Crippen LogP contribution in [0.15, 0.2) is 63.9 Å². The molecule has 1 heterocycles. The van der Waals surface area contributed by atoms with Gasteiger partial charge in [0.2, 0.25) is 10.0 Å². The van der Waals surface area contributed by atoms with E-state index in [0.717, 1.165) is 0 Å². The highest BCUT2D eigenvalue weighted by molar-refractivity contribution is 7.89. The molecule has 1 aromatic heterocycles. The first kappa shape index (κ1) is 24.6. The number of benzene rings is 2. The van der Waals surface area contributed by atoms with Crippen LogP contribution in [0, 0.1) is 0 Å². The van der Waals surface area contributed by atoms with Crippen LogP contribution in [0.25, 0.3) is 0 Å². The fourth-order valence-corrected chi connectivity index (χ4v) is 4.77. The second-order valence-electron chi connectivity index (χ2n) is 6.89. The number of carbonyl (C=O) groups is 1. The van der Waals surface area contributed by atoms with Crippen LogP contribution in [-0.2, 0) is 16.6 Å². The minimum absolute atomic E-state index is 0.0293. The van der Waals surface area contributed by atoms with Crippen molar-refractivity contribution in [2.24, 2.45) is 0 Å². The molecule has 0 saturated heterocycles. The summed E-state index contributed by atoms with van der Waals surface area (Å²) < 4.78 is 43.4. The molecule has 0 saturated carbocycles. The molecule has 0 aliphatic rings. The Morgan fingerprint density at radius 2 is 1.76 bits per heavy atom. The number of rotatable bonds is 10. The predicted molar refractivity (Wildman–Crippen MR) is 126 cm³/mol. The zero-order chi connectivity index (χ0) is 24.0. The van der Waals surface area contributed by atoms with Gasteiger partial charge in [0.05, 0.1) is 22.7 Å². The number of sulfonamides is 1. The summed E-state index contributed by atoms with van der Waals surface area (Å²) in [6.45, 7) is 4.26. The van der Waals surface area contributed by atoms with Gasteiger partial charge in [0, 0.05) is 13.1 Å². The van der Waals surface area contributed by atoms with Crippen molar-refractivity contribution in [3.8, 4) is 11.5 Å². The summed E-state index contributed by atoms with van der Waals surface area (Å²) in [6.07, 6.45) is 0. The maximum Gasteiger partial charge on any atom is 0.291 e. The second kappa shape index (κ2) is 10.7. The maximum absolute atomic E-state index is 12.8. The lowest BCUT2D eigenvalue weighted by Gasteiger charge is -2.19. The lowest BCUT2D eigenvalue weighted by atomic mass is 10.3. The van der Waals surface area contributed by atoms with E-state index in [1.807, 2.05) is 12.1 Å². The van der Waals surface area contributed by atoms with Crippen LogP contribution in [0.3, 0.4) is 0 Å². The molecule has 0 spiro atoms. The molecule has 10 heteroatoms. The fourth-order valence-electron chi connectivity index (χ4n) is 3.12. The standard InChI is InChI=1S/C23H25ClN2O6S/c1-4-26(5-2)33(28,29)17-11-12-18(24)19(14-17)25-23(27)22-13-10-16(32-22)15-31-21-9-7-6-8-20(21)30-3/h6-14H,4-5,15H2,1-3H3,(H,25,27).